The van der Waals surface area contributed by atoms with Crippen LogP contribution >= 0.6 is 15.9 Å². The lowest BCUT2D eigenvalue weighted by Gasteiger charge is -2.41. The molecule has 1 aromatic heterocycles. The van der Waals surface area contributed by atoms with E-state index in [2.05, 4.69) is 27.7 Å². The molecule has 1 fully saturated rings. The molecule has 1 spiro atoms. The van der Waals surface area contributed by atoms with E-state index in [0.29, 0.717) is 56.5 Å². The molecule has 0 N–H and O–H groups in total. The van der Waals surface area contributed by atoms with Crippen molar-refractivity contribution in [2.24, 2.45) is 11.8 Å². The number of hydrogen-bond acceptors (Lipinski definition) is 11. The Kier molecular flexibility index (Phi) is 8.11. The first-order valence-electron chi connectivity index (χ1n) is 17.1. The van der Waals surface area contributed by atoms with Crippen molar-refractivity contribution in [1.29, 1.82) is 0 Å². The minimum atomic E-state index is -1.40. The van der Waals surface area contributed by atoms with Crippen LogP contribution in [0.25, 0.3) is 10.8 Å². The molecule has 1 unspecified atom stereocenters. The van der Waals surface area contributed by atoms with Gasteiger partial charge in [-0.2, -0.15) is 0 Å². The first-order chi connectivity index (χ1) is 24.8. The predicted molar refractivity (Wildman–Crippen MR) is 193 cm³/mol. The Labute approximate surface area is 308 Å². The van der Waals surface area contributed by atoms with Crippen LogP contribution in [0.4, 0.5) is 4.79 Å². The zero-order chi connectivity index (χ0) is 36.7. The van der Waals surface area contributed by atoms with E-state index in [-0.39, 0.29) is 53.6 Å². The van der Waals surface area contributed by atoms with Gasteiger partial charge < -0.3 is 28.2 Å². The molecule has 52 heavy (non-hydrogen) atoms. The Bertz CT molecular complexity index is 2220. The second kappa shape index (κ2) is 12.3. The van der Waals surface area contributed by atoms with Crippen molar-refractivity contribution in [3.05, 3.63) is 105 Å². The Balaban J connectivity index is 1.27. The van der Waals surface area contributed by atoms with Gasteiger partial charge in [0.15, 0.2) is 23.1 Å². The number of rotatable bonds is 8. The number of benzene rings is 3. The van der Waals surface area contributed by atoms with Gasteiger partial charge in [-0.15, -0.1) is 0 Å². The number of fused-ring (bicyclic) bond motifs is 4. The third-order valence-corrected chi connectivity index (χ3v) is 10.6. The highest BCUT2D eigenvalue weighted by molar-refractivity contribution is 9.10. The molecule has 0 bridgehead atoms. The van der Waals surface area contributed by atoms with Gasteiger partial charge >= 0.3 is 6.16 Å². The minimum Gasteiger partial charge on any atom is -0.489 e. The van der Waals surface area contributed by atoms with Gasteiger partial charge in [0.2, 0.25) is 11.4 Å². The number of ether oxygens (including phenoxy) is 5. The van der Waals surface area contributed by atoms with E-state index in [0.717, 1.165) is 5.56 Å². The number of carbonyl (C=O) groups is 3. The summed E-state index contributed by atoms with van der Waals surface area (Å²) in [4.78, 5) is 44.9. The normalized spacial score (nSPS) is 22.8. The van der Waals surface area contributed by atoms with Crippen LogP contribution in [0.3, 0.4) is 0 Å². The van der Waals surface area contributed by atoms with Crippen LogP contribution in [-0.2, 0) is 22.5 Å². The molecular weight excluding hydrogens is 732 g/mol. The van der Waals surface area contributed by atoms with E-state index in [9.17, 15) is 9.59 Å². The lowest BCUT2D eigenvalue weighted by atomic mass is 9.61. The van der Waals surface area contributed by atoms with Crippen molar-refractivity contribution in [3.63, 3.8) is 0 Å². The van der Waals surface area contributed by atoms with Crippen molar-refractivity contribution in [2.45, 2.75) is 57.5 Å². The summed E-state index contributed by atoms with van der Waals surface area (Å²) in [6.45, 7) is 9.39. The highest BCUT2D eigenvalue weighted by Gasteiger charge is 2.75. The highest BCUT2D eigenvalue weighted by atomic mass is 79.9. The fraction of sp³-hybridized carbons (Fsp3) is 0.350. The van der Waals surface area contributed by atoms with E-state index < -0.39 is 29.2 Å². The average Bonchev–Trinajstić information content (AvgIpc) is 3.71. The molecule has 8 rings (SSSR count). The van der Waals surface area contributed by atoms with E-state index in [1.807, 2.05) is 61.5 Å². The molecule has 1 aliphatic heterocycles. The Morgan fingerprint density at radius 2 is 1.85 bits per heavy atom. The molecule has 4 aromatic rings. The van der Waals surface area contributed by atoms with Crippen LogP contribution in [0.2, 0.25) is 0 Å². The number of aromatic nitrogens is 1. The first kappa shape index (κ1) is 34.2. The lowest BCUT2D eigenvalue weighted by Crippen LogP contribution is -2.49. The van der Waals surface area contributed by atoms with Gasteiger partial charge in [-0.05, 0) is 82.5 Å². The van der Waals surface area contributed by atoms with Gasteiger partial charge in [0.25, 0.3) is 5.88 Å². The van der Waals surface area contributed by atoms with Crippen LogP contribution in [0.1, 0.15) is 70.8 Å². The quantitative estimate of drug-likeness (QED) is 0.0750. The van der Waals surface area contributed by atoms with Crippen LogP contribution in [-0.4, -0.2) is 59.7 Å². The molecule has 0 radical (unpaired) electrons. The summed E-state index contributed by atoms with van der Waals surface area (Å²) in [5.74, 6) is -0.0920. The zero-order valence-electron chi connectivity index (χ0n) is 29.4. The largest absolute Gasteiger partial charge is 0.514 e. The van der Waals surface area contributed by atoms with Crippen LogP contribution in [0, 0.1) is 11.8 Å². The summed E-state index contributed by atoms with van der Waals surface area (Å²) in [6.07, 6.45) is 1.48. The Morgan fingerprint density at radius 3 is 2.56 bits per heavy atom. The average molecular weight is 770 g/mol. The van der Waals surface area contributed by atoms with E-state index in [1.165, 1.54) is 0 Å². The standard InChI is InChI=1S/C40H37BrN2O9/c1-7-15-47-32-23-14-13-22(41)18-24(23)33(49-38(46)51-39(2,3)4)28-25(32)16-21-17-26-30(43(5)6)34-29(35(45)40(26)36(50-40)27(21)31(28)44)37(42-52-34)48-19-20-11-9-8-10-12-20/h7-14,18,21,26,30H,1,15-17,19H2,2-6H3/t21?,26-,30-,40+/m0/s1. The summed E-state index contributed by atoms with van der Waals surface area (Å²) in [5.41, 5.74) is 0.0349. The molecule has 3 aliphatic carbocycles. The van der Waals surface area contributed by atoms with Crippen molar-refractivity contribution in [3.8, 4) is 17.4 Å². The molecule has 0 amide bonds. The number of allylic oxidation sites excluding steroid dienone is 1. The van der Waals surface area contributed by atoms with Gasteiger partial charge in [-0.25, -0.2) is 4.79 Å². The van der Waals surface area contributed by atoms with Crippen molar-refractivity contribution in [1.82, 2.24) is 10.1 Å². The third kappa shape index (κ3) is 5.33. The molecule has 11 nitrogen and oxygen atoms in total. The molecule has 4 aliphatic rings. The molecule has 268 valence electrons. The van der Waals surface area contributed by atoms with Gasteiger partial charge in [-0.3, -0.25) is 14.5 Å². The minimum absolute atomic E-state index is 0.0546. The molecule has 0 saturated carbocycles. The zero-order valence-corrected chi connectivity index (χ0v) is 31.0. The fourth-order valence-corrected chi connectivity index (χ4v) is 8.43. The number of ketones is 2. The summed E-state index contributed by atoms with van der Waals surface area (Å²) < 4.78 is 36.9. The molecule has 4 atom stereocenters. The van der Waals surface area contributed by atoms with Gasteiger partial charge in [0.05, 0.1) is 11.6 Å². The second-order valence-electron chi connectivity index (χ2n) is 14.8. The summed E-state index contributed by atoms with van der Waals surface area (Å²) in [5, 5.41) is 5.35. The van der Waals surface area contributed by atoms with Crippen molar-refractivity contribution >= 4 is 44.4 Å². The van der Waals surface area contributed by atoms with E-state index in [1.54, 1.807) is 32.9 Å². The monoisotopic (exact) mass is 768 g/mol. The maximum Gasteiger partial charge on any atom is 0.514 e. The number of carbonyl (C=O) groups excluding carboxylic acids is 3. The third-order valence-electron chi connectivity index (χ3n) is 10.1. The van der Waals surface area contributed by atoms with Gasteiger partial charge in [0, 0.05) is 32.3 Å². The van der Waals surface area contributed by atoms with Crippen molar-refractivity contribution < 1.29 is 42.6 Å². The maximum atomic E-state index is 15.0. The van der Waals surface area contributed by atoms with Crippen LogP contribution in [0.15, 0.2) is 81.5 Å². The number of nitrogens with zero attached hydrogens (tertiary/aromatic N) is 2. The summed E-state index contributed by atoms with van der Waals surface area (Å²) in [6, 6.07) is 14.7. The van der Waals surface area contributed by atoms with Gasteiger partial charge in [-0.1, -0.05) is 58.9 Å². The predicted octanol–water partition coefficient (Wildman–Crippen LogP) is 7.95. The summed E-state index contributed by atoms with van der Waals surface area (Å²) in [7, 11) is 3.83. The molecular formula is C40H37BrN2O9. The van der Waals surface area contributed by atoms with E-state index in [4.69, 9.17) is 28.2 Å². The molecule has 3 aromatic carbocycles. The smallest absolute Gasteiger partial charge is 0.489 e. The number of halogens is 1. The first-order valence-corrected chi connectivity index (χ1v) is 17.9. The number of epoxide rings is 1. The molecule has 2 heterocycles. The van der Waals surface area contributed by atoms with Crippen LogP contribution < -0.4 is 14.2 Å². The number of hydrogen-bond donors (Lipinski definition) is 0. The van der Waals surface area contributed by atoms with E-state index >= 15 is 4.79 Å². The highest BCUT2D eigenvalue weighted by Crippen LogP contribution is 2.66. The van der Waals surface area contributed by atoms with Gasteiger partial charge in [0.1, 0.15) is 30.1 Å². The fourth-order valence-electron chi connectivity index (χ4n) is 8.07. The Morgan fingerprint density at radius 1 is 1.08 bits per heavy atom. The Hall–Kier alpha value is -4.94. The lowest BCUT2D eigenvalue weighted by molar-refractivity contribution is 0.0207. The molecule has 1 saturated heterocycles. The van der Waals surface area contributed by atoms with Crippen LogP contribution in [0.5, 0.6) is 17.4 Å². The molecule has 12 heteroatoms. The number of Topliss-reactive ketones (excluding diaryl/α,β-unsaturated/α-hetero) is 2. The second-order valence-corrected chi connectivity index (χ2v) is 15.7. The SMILES string of the molecule is C=CCOc1c2c(c(OC(=O)OC(C)(C)C)c3cc(Br)ccc13)C(=O)C1=C3O[C@]34C(=O)c3c(OCc5ccccc5)noc3[C@@H](N(C)C)[C@@H]4CC1C2. The summed E-state index contributed by atoms with van der Waals surface area (Å²) >= 11 is 3.54. The maximum absolute atomic E-state index is 15.0. The van der Waals surface area contributed by atoms with Crippen molar-refractivity contribution in [2.75, 3.05) is 20.7 Å². The topological polar surface area (TPSA) is 130 Å².